The second-order valence-electron chi connectivity index (χ2n) is 18.9. The van der Waals surface area contributed by atoms with E-state index in [4.69, 9.17) is 31.8 Å². The lowest BCUT2D eigenvalue weighted by molar-refractivity contribution is -0.143. The summed E-state index contributed by atoms with van der Waals surface area (Å²) in [6.07, 6.45) is -4.06. The number of aliphatic hydroxyl groups is 2. The van der Waals surface area contributed by atoms with Crippen LogP contribution in [0.15, 0.2) is 54.6 Å². The molecule has 0 fully saturated rings. The summed E-state index contributed by atoms with van der Waals surface area (Å²) in [7, 11) is -3.34. The van der Waals surface area contributed by atoms with Gasteiger partial charge < -0.3 is 57.3 Å². The molecule has 0 saturated heterocycles. The molecule has 5 rings (SSSR count). The van der Waals surface area contributed by atoms with Crippen LogP contribution in [0.2, 0.25) is 0 Å². The highest BCUT2D eigenvalue weighted by Gasteiger charge is 2.38. The minimum atomic E-state index is -4.52. The number of phenols is 1. The highest BCUT2D eigenvalue weighted by Crippen LogP contribution is 2.45. The molecule has 72 heavy (non-hydrogen) atoms. The number of aromatic hydroxyl groups is 1. The van der Waals surface area contributed by atoms with E-state index < -0.39 is 113 Å². The lowest BCUT2D eigenvalue weighted by Gasteiger charge is -2.32. The highest BCUT2D eigenvalue weighted by molar-refractivity contribution is 7.87. The van der Waals surface area contributed by atoms with Gasteiger partial charge in [-0.1, -0.05) is 39.8 Å². The quantitative estimate of drug-likeness (QED) is 0.0635. The molecule has 390 valence electrons. The first-order valence-corrected chi connectivity index (χ1v) is 24.4. The molecule has 4 aromatic rings. The molecule has 0 aliphatic carbocycles. The van der Waals surface area contributed by atoms with Gasteiger partial charge in [-0.25, -0.2) is 24.0 Å². The molecule has 23 heteroatoms. The Morgan fingerprint density at radius 1 is 0.944 bits per heavy atom. The van der Waals surface area contributed by atoms with Crippen molar-refractivity contribution in [1.29, 1.82) is 0 Å². The van der Waals surface area contributed by atoms with E-state index >= 15 is 4.39 Å². The smallest absolute Gasteiger partial charge is 0.326 e. The van der Waals surface area contributed by atoms with Crippen molar-refractivity contribution in [3.05, 3.63) is 88.2 Å². The lowest BCUT2D eigenvalue weighted by Crippen LogP contribution is -2.46. The Bertz CT molecular complexity index is 2800. The van der Waals surface area contributed by atoms with Crippen LogP contribution in [0.25, 0.3) is 22.4 Å². The molecule has 1 aliphatic rings. The molecule has 2 heterocycles. The van der Waals surface area contributed by atoms with Gasteiger partial charge in [-0.3, -0.25) is 19.2 Å². The summed E-state index contributed by atoms with van der Waals surface area (Å²) >= 11 is 0. The van der Waals surface area contributed by atoms with Crippen molar-refractivity contribution in [1.82, 2.24) is 19.9 Å². The zero-order chi connectivity index (χ0) is 53.6. The molecule has 0 unspecified atom stereocenters. The number of Topliss-reactive ketones (excluding diaryl/α,β-unsaturated/α-hetero) is 2. The lowest BCUT2D eigenvalue weighted by atomic mass is 9.86. The second-order valence-corrected chi connectivity index (χ2v) is 20.3. The predicted molar refractivity (Wildman–Crippen MR) is 263 cm³/mol. The van der Waals surface area contributed by atoms with Crippen LogP contribution >= 0.6 is 0 Å². The summed E-state index contributed by atoms with van der Waals surface area (Å²) < 4.78 is 53.9. The second kappa shape index (κ2) is 23.3. The number of ether oxygens (including phenoxy) is 2. The fraction of sp³-hybridized carbons (Fsp3) is 0.429. The van der Waals surface area contributed by atoms with Gasteiger partial charge in [0.25, 0.3) is 10.2 Å². The Labute approximate surface area is 416 Å². The maximum Gasteiger partial charge on any atom is 0.326 e. The predicted octanol–water partition coefficient (Wildman–Crippen LogP) is 1.75. The number of pyridine rings is 1. The number of carboxylic acid groups (broad SMARTS) is 1. The van der Waals surface area contributed by atoms with Crippen molar-refractivity contribution in [2.45, 2.75) is 83.6 Å². The SMILES string of the molecule is Cc1cc(-c2ccc(C(C)(C)C)cc2F)nc(N)c1C(=O)C[C@@H](CNS(N)(=O)=O)C(=O)N(C)[C@@H]1C(=O)C[C@@H](C)C(=O)N[C@H](C(=O)O)Cc2ccc(OC[C@H](O)CN)c(c2)-c2cc1cc(OC[C@H](O)CN)c2O. The van der Waals surface area contributed by atoms with Gasteiger partial charge in [-0.15, -0.1) is 0 Å². The average molecular weight is 1020 g/mol. The molecule has 14 N–H and O–H groups in total. The van der Waals surface area contributed by atoms with Crippen molar-refractivity contribution in [3.63, 3.8) is 0 Å². The van der Waals surface area contributed by atoms with E-state index in [-0.39, 0.29) is 87.9 Å². The molecule has 0 radical (unpaired) electrons. The van der Waals surface area contributed by atoms with Crippen LogP contribution in [0.1, 0.15) is 79.2 Å². The first-order valence-electron chi connectivity index (χ1n) is 22.9. The largest absolute Gasteiger partial charge is 0.504 e. The molecule has 1 aliphatic heterocycles. The first kappa shape index (κ1) is 56.3. The van der Waals surface area contributed by atoms with E-state index in [2.05, 4.69) is 10.3 Å². The number of nitrogens with two attached hydrogens (primary N) is 4. The molecule has 21 nitrogen and oxygen atoms in total. The third kappa shape index (κ3) is 13.9. The van der Waals surface area contributed by atoms with E-state index in [0.717, 1.165) is 10.5 Å². The number of carbonyl (C=O) groups is 5. The van der Waals surface area contributed by atoms with Gasteiger partial charge in [0.15, 0.2) is 23.1 Å². The number of amides is 2. The third-order valence-corrected chi connectivity index (χ3v) is 12.7. The minimum Gasteiger partial charge on any atom is -0.504 e. The number of rotatable bonds is 18. The monoisotopic (exact) mass is 1020 g/mol. The van der Waals surface area contributed by atoms with E-state index in [9.17, 15) is 52.8 Å². The number of ketones is 2. The Morgan fingerprint density at radius 2 is 1.58 bits per heavy atom. The maximum atomic E-state index is 15.5. The molecule has 3 aromatic carbocycles. The molecule has 1 aromatic heterocycles. The summed E-state index contributed by atoms with van der Waals surface area (Å²) in [6, 6.07) is 9.73. The zero-order valence-electron chi connectivity index (χ0n) is 40.8. The van der Waals surface area contributed by atoms with Crippen LogP contribution in [-0.4, -0.2) is 126 Å². The highest BCUT2D eigenvalue weighted by atomic mass is 32.2. The van der Waals surface area contributed by atoms with Gasteiger partial charge in [-0.05, 0) is 77.1 Å². The molecule has 0 spiro atoms. The molecule has 4 bridgehead atoms. The van der Waals surface area contributed by atoms with Gasteiger partial charge in [0.1, 0.15) is 54.9 Å². The molecule has 0 saturated carbocycles. The molecular weight excluding hydrogens is 960 g/mol. The maximum absolute atomic E-state index is 15.5. The number of carbonyl (C=O) groups excluding carboxylic acids is 4. The van der Waals surface area contributed by atoms with Crippen LogP contribution in [-0.2, 0) is 41.2 Å². The van der Waals surface area contributed by atoms with Gasteiger partial charge in [-0.2, -0.15) is 8.42 Å². The zero-order valence-corrected chi connectivity index (χ0v) is 41.6. The number of nitrogens with one attached hydrogen (secondary N) is 2. The number of nitrogens with zero attached hydrogens (tertiary/aromatic N) is 2. The number of aliphatic carboxylic acids is 1. The van der Waals surface area contributed by atoms with E-state index in [0.29, 0.717) is 5.56 Å². The molecule has 2 amide bonds. The Kier molecular flexibility index (Phi) is 18.2. The number of likely N-dealkylation sites (N-methyl/N-ethyl adjacent to an activating group) is 1. The number of aryl methyl sites for hydroxylation is 1. The number of hydrogen-bond donors (Lipinski definition) is 10. The number of halogens is 1. The Morgan fingerprint density at radius 3 is 2.15 bits per heavy atom. The number of nitrogen functional groups attached to an aromatic ring is 1. The van der Waals surface area contributed by atoms with Crippen LogP contribution in [0, 0.1) is 24.6 Å². The number of hydrogen-bond acceptors (Lipinski definition) is 16. The summed E-state index contributed by atoms with van der Waals surface area (Å²) in [5, 5.41) is 50.5. The van der Waals surface area contributed by atoms with E-state index in [1.807, 2.05) is 25.5 Å². The van der Waals surface area contributed by atoms with Gasteiger partial charge >= 0.3 is 5.97 Å². The van der Waals surface area contributed by atoms with Crippen molar-refractivity contribution in [2.24, 2.45) is 28.4 Å². The summed E-state index contributed by atoms with van der Waals surface area (Å²) in [4.78, 5) is 75.5. The third-order valence-electron chi connectivity index (χ3n) is 12.1. The number of aliphatic hydroxyl groups excluding tert-OH is 2. The number of fused-ring (bicyclic) bond motifs is 5. The Hall–Kier alpha value is -6.60. The average Bonchev–Trinajstić information content (AvgIpc) is 3.30. The van der Waals surface area contributed by atoms with Crippen LogP contribution in [0.3, 0.4) is 0 Å². The van der Waals surface area contributed by atoms with E-state index in [1.54, 1.807) is 12.1 Å². The summed E-state index contributed by atoms with van der Waals surface area (Å²) in [5.41, 5.74) is 18.5. The number of carboxylic acids is 1. The van der Waals surface area contributed by atoms with Gasteiger partial charge in [0.2, 0.25) is 11.8 Å². The van der Waals surface area contributed by atoms with Crippen LogP contribution in [0.5, 0.6) is 17.2 Å². The van der Waals surface area contributed by atoms with Crippen LogP contribution < -0.4 is 41.9 Å². The summed E-state index contributed by atoms with van der Waals surface area (Å²) in [5.74, 6) is -9.53. The van der Waals surface area contributed by atoms with Gasteiger partial charge in [0.05, 0.1) is 17.2 Å². The van der Waals surface area contributed by atoms with Crippen molar-refractivity contribution >= 4 is 45.4 Å². The fourth-order valence-electron chi connectivity index (χ4n) is 8.12. The fourth-order valence-corrected chi connectivity index (χ4v) is 8.56. The minimum absolute atomic E-state index is 0.0175. The van der Waals surface area contributed by atoms with Crippen molar-refractivity contribution < 1.29 is 66.7 Å². The molecule has 6 atom stereocenters. The van der Waals surface area contributed by atoms with Crippen molar-refractivity contribution in [2.75, 3.05) is 45.6 Å². The Balaban J connectivity index is 1.67. The molecular formula is C49H63FN8O13S. The first-order chi connectivity index (χ1) is 33.6. The van der Waals surface area contributed by atoms with Gasteiger partial charge in [0, 0.05) is 68.6 Å². The van der Waals surface area contributed by atoms with E-state index in [1.165, 1.54) is 63.4 Å². The topological polar surface area (TPSA) is 363 Å². The van der Waals surface area contributed by atoms with Crippen molar-refractivity contribution in [3.8, 4) is 39.6 Å². The summed E-state index contributed by atoms with van der Waals surface area (Å²) in [6.45, 7) is 6.59. The number of aromatic nitrogens is 1. The standard InChI is InChI=1S/C49H63FN8O13S/c1-24-11-36(32-9-8-29(18-35(32)50)49(3,4)5)56-45(53)42(24)38(61)16-28(21-55-72(54,68)69)47(65)58(6)43-27-15-34(44(63)41(17-27)71-23-31(60)20-52)33-13-26(7-10-40(33)70-22-30(59)19-51)14-37(48(66)67)57-46(64)25(2)12-39(43)62/h7-11,13,15,17-18,25,28,30-31,37,43,55,59-60,63H,12,14,16,19-23,51-52H2,1-6H3,(H2,53,56)(H,57,64)(H,66,67)(H2,54,68,69)/t25-,28+,30-,31-,37+,43+/m1/s1. The number of benzene rings is 3. The number of phenolic OH excluding ortho intramolecular Hbond substituents is 1. The normalized spacial score (nSPS) is 17.8. The van der Waals surface area contributed by atoms with Crippen LogP contribution in [0.4, 0.5) is 10.2 Å². The number of anilines is 1.